The lowest BCUT2D eigenvalue weighted by molar-refractivity contribution is -0.332. The summed E-state index contributed by atoms with van der Waals surface area (Å²) in [6, 6.07) is -3.34. The van der Waals surface area contributed by atoms with Crippen LogP contribution in [0.5, 0.6) is 0 Å². The largest absolute Gasteiger partial charge is 0.862 e. The molecule has 4 rings (SSSR count). The average Bonchev–Trinajstić information content (AvgIpc) is 1.47. The molecule has 4 heterocycles. The lowest BCUT2D eigenvalue weighted by Gasteiger charge is -2.47. The van der Waals surface area contributed by atoms with Gasteiger partial charge in [-0.2, -0.15) is 0 Å². The Kier molecular flexibility index (Phi) is 35.8. The first-order valence-electron chi connectivity index (χ1n) is 31.8. The van der Waals surface area contributed by atoms with Crippen LogP contribution in [0, 0.1) is 19.6 Å². The molecule has 0 aliphatic carbocycles. The molecule has 1 radical (unpaired) electrons. The van der Waals surface area contributed by atoms with E-state index in [4.69, 9.17) is 43.6 Å². The molecule has 0 spiro atoms. The van der Waals surface area contributed by atoms with Crippen LogP contribution in [-0.4, -0.2) is 164 Å². The molecular weight excluding hydrogens is 1100 g/mol. The number of carboxylic acid groups (broad SMARTS) is 2. The molecule has 22 heteroatoms. The Hall–Kier alpha value is -3.88. The van der Waals surface area contributed by atoms with E-state index < -0.39 is 128 Å². The number of unbranched alkanes of at least 4 members (excludes halogenated alkanes) is 25. The maximum Gasteiger partial charge on any atom is 0.369 e. The highest BCUT2D eigenvalue weighted by molar-refractivity contribution is 5.77. The fourth-order valence-corrected chi connectivity index (χ4v) is 10.7. The molecule has 0 unspecified atom stereocenters. The summed E-state index contributed by atoms with van der Waals surface area (Å²) >= 11 is 0. The van der Waals surface area contributed by atoms with Gasteiger partial charge in [-0.25, -0.2) is 28.2 Å². The summed E-state index contributed by atoms with van der Waals surface area (Å²) < 4.78 is 46.0. The van der Waals surface area contributed by atoms with Crippen molar-refractivity contribution in [3.63, 3.8) is 0 Å². The number of allylic oxidation sites excluding steroid dienone is 1. The molecule has 0 bridgehead atoms. The minimum Gasteiger partial charge on any atom is -0.862 e. The normalized spacial score (nSPS) is 29.8. The van der Waals surface area contributed by atoms with Gasteiger partial charge in [0.2, 0.25) is 12.3 Å². The highest BCUT2D eigenvalue weighted by atomic mass is 16.8. The third-order valence-electron chi connectivity index (χ3n) is 15.8. The predicted molar refractivity (Wildman–Crippen MR) is 314 cm³/mol. The quantitative estimate of drug-likeness (QED) is 0.0102. The zero-order chi connectivity index (χ0) is 61.9. The number of carbonyl (C=O) groups is 2. The molecule has 4 aliphatic heterocycles. The topological polar surface area (TPSA) is 346 Å². The Balaban J connectivity index is 1.33. The number of aliphatic hydroxyl groups is 5. The van der Waals surface area contributed by atoms with E-state index in [0.717, 1.165) is 70.8 Å². The molecule has 2 fully saturated rings. The van der Waals surface area contributed by atoms with E-state index in [1.807, 2.05) is 12.5 Å². The van der Waals surface area contributed by atoms with Crippen molar-refractivity contribution in [3.05, 3.63) is 56.3 Å². The van der Waals surface area contributed by atoms with Crippen molar-refractivity contribution < 1.29 is 93.4 Å². The van der Waals surface area contributed by atoms with Crippen LogP contribution in [0.2, 0.25) is 0 Å². The molecule has 487 valence electrons. The summed E-state index contributed by atoms with van der Waals surface area (Å²) in [5.41, 5.74) is 5.70. The van der Waals surface area contributed by atoms with Crippen LogP contribution >= 0.6 is 0 Å². The number of hydrogen-bond acceptors (Lipinski definition) is 20. The fraction of sp³-hybridized carbons (Fsp3) is 0.794. The summed E-state index contributed by atoms with van der Waals surface area (Å²) in [5, 5.41) is 101. The number of aliphatic carboxylic acids is 2. The molecule has 2 saturated heterocycles. The maximum absolute atomic E-state index is 13.2. The van der Waals surface area contributed by atoms with Crippen LogP contribution in [0.3, 0.4) is 0 Å². The molecule has 4 aliphatic rings. The lowest BCUT2D eigenvalue weighted by Crippen LogP contribution is -2.64. The van der Waals surface area contributed by atoms with Crippen molar-refractivity contribution in [1.29, 1.82) is 0 Å². The molecule has 15 atom stereocenters. The smallest absolute Gasteiger partial charge is 0.369 e. The number of nitrogens with zero attached hydrogens (tertiary/aromatic N) is 2. The Morgan fingerprint density at radius 3 is 1.87 bits per heavy atom. The summed E-state index contributed by atoms with van der Waals surface area (Å²) in [5.74, 6) is -10.1. The fourth-order valence-electron chi connectivity index (χ4n) is 10.7. The summed E-state index contributed by atoms with van der Waals surface area (Å²) in [6.45, 7) is 6.26. The van der Waals surface area contributed by atoms with Crippen molar-refractivity contribution in [3.8, 4) is 0 Å². The summed E-state index contributed by atoms with van der Waals surface area (Å²) in [6.07, 6.45) is 27.5. The van der Waals surface area contributed by atoms with Crippen LogP contribution in [-0.2, 0) is 47.5 Å². The van der Waals surface area contributed by atoms with Gasteiger partial charge in [0.1, 0.15) is 55.4 Å². The Labute approximate surface area is 505 Å². The number of ether oxygens (including phenoxy) is 8. The van der Waals surface area contributed by atoms with Gasteiger partial charge in [0.05, 0.1) is 25.6 Å². The van der Waals surface area contributed by atoms with Gasteiger partial charge in [0, 0.05) is 18.9 Å². The molecule has 0 amide bonds. The van der Waals surface area contributed by atoms with E-state index in [2.05, 4.69) is 29.9 Å². The van der Waals surface area contributed by atoms with Gasteiger partial charge in [0.15, 0.2) is 6.29 Å². The first kappa shape index (κ1) is 73.6. The van der Waals surface area contributed by atoms with Gasteiger partial charge in [-0.15, -0.1) is 11.2 Å². The van der Waals surface area contributed by atoms with Crippen molar-refractivity contribution in [1.82, 2.24) is 0 Å². The van der Waals surface area contributed by atoms with Gasteiger partial charge in [-0.05, 0) is 43.7 Å². The van der Waals surface area contributed by atoms with Crippen molar-refractivity contribution in [2.75, 3.05) is 13.2 Å². The zero-order valence-corrected chi connectivity index (χ0v) is 50.8. The van der Waals surface area contributed by atoms with Crippen LogP contribution in [0.4, 0.5) is 0 Å². The average molecular weight is 1210 g/mol. The van der Waals surface area contributed by atoms with Crippen LogP contribution in [0.15, 0.2) is 46.6 Å². The Morgan fingerprint density at radius 1 is 0.776 bits per heavy atom. The van der Waals surface area contributed by atoms with Gasteiger partial charge in [-0.3, -0.25) is 10.7 Å². The number of hydrogen-bond donors (Lipinski definition) is 8. The number of carboxylic acids is 2. The number of rotatable bonds is 46. The lowest BCUT2D eigenvalue weighted by atomic mass is 9.90. The summed E-state index contributed by atoms with van der Waals surface area (Å²) in [7, 11) is 0. The highest BCUT2D eigenvalue weighted by Crippen LogP contribution is 2.39. The maximum atomic E-state index is 13.2. The standard InChI is InChI=1S/C63H106N3O19/c1-4-6-8-10-12-14-16-18-20-22-24-26-28-30-32-34-54(72)66-46(33-31-29-27-25-23-21-19-17-15-13-11-9-7-5-2)42-79-55-36-35-51(53(41-67)82-55)83-59-57(73)52(37-38-78-59)84-63(61(76)77)40-49(70)56(65-45(3)68)58(85-63)50(71)44-81-62(60(74)75)39-48(69)47(64)43-80-62/h29,31,33,35-38,43-44,46-53,55-59,67,69-71,73H,4-28,30,32,34,39-42,64H2,1-3H3,(H,65,68)(H,66,72)(H,74,75)(H,76,77)/p-2/t46-,47+,48+,49+,50+,51+,52+,53-,55-,56-,57-,58+,59+,62+,63-/m1/s1. The van der Waals surface area contributed by atoms with E-state index in [1.54, 1.807) is 0 Å². The molecule has 22 nitrogen and oxygen atoms in total. The second-order valence-electron chi connectivity index (χ2n) is 23.1. The predicted octanol–water partition coefficient (Wildman–Crippen LogP) is 6.80. The van der Waals surface area contributed by atoms with E-state index in [-0.39, 0.29) is 12.5 Å². The second kappa shape index (κ2) is 41.4. The van der Waals surface area contributed by atoms with E-state index >= 15 is 0 Å². The molecule has 85 heavy (non-hydrogen) atoms. The molecule has 0 saturated carbocycles. The van der Waals surface area contributed by atoms with Crippen molar-refractivity contribution in [2.45, 2.75) is 305 Å². The molecule has 0 aromatic carbocycles. The van der Waals surface area contributed by atoms with Gasteiger partial charge < -0.3 is 84.1 Å². The minimum atomic E-state index is -2.88. The molecular formula is C63H104N3O19-2. The molecule has 9 N–H and O–H groups in total. The highest BCUT2D eigenvalue weighted by Gasteiger charge is 2.59. The minimum absolute atomic E-state index is 0.00940. The second-order valence-corrected chi connectivity index (χ2v) is 23.1. The monoisotopic (exact) mass is 1210 g/mol. The SMILES string of the molecule is CCCCCCCCCCCCCC=C[CH-][C@H](CO[C@H]1C=C[C@H](O[C@@H]2OC=C[C@H](O[C@]3(C(=O)O)C[C@H](O)[C@@H](N=C(C)[O-])[C@H]([C@@H](O)[CH]O[C@]4(C(=O)O)C[C@H](O)[C@@H](N)[CH+]O4)O3)[C@H]2O)[C@@H](CO)O1)N=C([O-])CCCCCCCCCCCCCCCCC. The Morgan fingerprint density at radius 2 is 1.33 bits per heavy atom. The van der Waals surface area contributed by atoms with Gasteiger partial charge >= 0.3 is 17.7 Å². The van der Waals surface area contributed by atoms with Crippen molar-refractivity contribution in [2.24, 2.45) is 15.7 Å². The number of aliphatic imine (C=N–C) groups is 2. The van der Waals surface area contributed by atoms with Crippen molar-refractivity contribution >= 4 is 23.7 Å². The van der Waals surface area contributed by atoms with E-state index in [9.17, 15) is 55.5 Å². The Bertz CT molecular complexity index is 1990. The third-order valence-corrected chi connectivity index (χ3v) is 15.8. The van der Waals surface area contributed by atoms with Gasteiger partial charge in [-0.1, -0.05) is 180 Å². The third kappa shape index (κ3) is 26.8. The van der Waals surface area contributed by atoms with Crippen LogP contribution in [0.1, 0.15) is 213 Å². The molecule has 0 aromatic heterocycles. The van der Waals surface area contributed by atoms with E-state index in [0.29, 0.717) is 13.0 Å². The summed E-state index contributed by atoms with van der Waals surface area (Å²) in [4.78, 5) is 33.6. The first-order valence-corrected chi connectivity index (χ1v) is 31.8. The number of aliphatic hydroxyl groups excluding tert-OH is 5. The van der Waals surface area contributed by atoms with E-state index in [1.165, 1.54) is 141 Å². The first-order chi connectivity index (χ1) is 41.0. The van der Waals surface area contributed by atoms with Crippen LogP contribution < -0.4 is 15.9 Å². The molecule has 0 aromatic rings. The van der Waals surface area contributed by atoms with Crippen LogP contribution in [0.25, 0.3) is 0 Å². The van der Waals surface area contributed by atoms with Gasteiger partial charge in [0.25, 0.3) is 12.4 Å². The number of nitrogens with two attached hydrogens (primary N) is 1. The zero-order valence-electron chi connectivity index (χ0n) is 50.8.